The zero-order valence-electron chi connectivity index (χ0n) is 15.2. The molecule has 0 spiro atoms. The molecule has 1 atom stereocenters. The Kier molecular flexibility index (Phi) is 4.79. The van der Waals surface area contributed by atoms with Crippen molar-refractivity contribution in [2.45, 2.75) is 13.0 Å². The van der Waals surface area contributed by atoms with Gasteiger partial charge in [-0.25, -0.2) is 4.68 Å². The fraction of sp³-hybridized carbons (Fsp3) is 0.136. The number of ether oxygens (including phenoxy) is 1. The van der Waals surface area contributed by atoms with E-state index in [1.807, 2.05) is 52.5 Å². The maximum absolute atomic E-state index is 10.8. The quantitative estimate of drug-likeness (QED) is 0.533. The van der Waals surface area contributed by atoms with Gasteiger partial charge in [0.25, 0.3) is 0 Å². The van der Waals surface area contributed by atoms with Crippen molar-refractivity contribution < 1.29 is 9.84 Å². The molecule has 0 saturated carbocycles. The number of rotatable bonds is 5. The molecule has 2 aromatic heterocycles. The standard InChI is InChI=1S/C22H20N2O2S/c1-15-5-7-16(8-6-15)20-14-19(22(25)21-4-3-13-27-21)23-24(20)17-9-11-18(26-2)12-10-17/h3-14,22,25H,1-2H3. The molecule has 0 bridgehead atoms. The summed E-state index contributed by atoms with van der Waals surface area (Å²) in [4.78, 5) is 0.879. The maximum Gasteiger partial charge on any atom is 0.132 e. The van der Waals surface area contributed by atoms with E-state index in [1.54, 1.807) is 7.11 Å². The Labute approximate surface area is 162 Å². The molecule has 1 unspecified atom stereocenters. The van der Waals surface area contributed by atoms with Crippen molar-refractivity contribution >= 4 is 11.3 Å². The van der Waals surface area contributed by atoms with Crippen molar-refractivity contribution in [1.82, 2.24) is 9.78 Å². The molecule has 2 aromatic carbocycles. The number of aryl methyl sites for hydroxylation is 1. The second kappa shape index (κ2) is 7.39. The van der Waals surface area contributed by atoms with Crippen LogP contribution in [0.1, 0.15) is 22.2 Å². The van der Waals surface area contributed by atoms with Crippen molar-refractivity contribution in [1.29, 1.82) is 0 Å². The Bertz CT molecular complexity index is 1020. The van der Waals surface area contributed by atoms with E-state index in [0.717, 1.165) is 27.6 Å². The predicted octanol–water partition coefficient (Wildman–Crippen LogP) is 5.00. The Morgan fingerprint density at radius 3 is 2.41 bits per heavy atom. The van der Waals surface area contributed by atoms with Crippen molar-refractivity contribution in [2.24, 2.45) is 0 Å². The summed E-state index contributed by atoms with van der Waals surface area (Å²) in [7, 11) is 1.65. The Balaban J connectivity index is 1.82. The van der Waals surface area contributed by atoms with Gasteiger partial charge in [0.2, 0.25) is 0 Å². The summed E-state index contributed by atoms with van der Waals surface area (Å²) in [6.45, 7) is 2.07. The van der Waals surface area contributed by atoms with Gasteiger partial charge in [0.1, 0.15) is 11.9 Å². The molecular weight excluding hydrogens is 356 g/mol. The van der Waals surface area contributed by atoms with E-state index in [-0.39, 0.29) is 0 Å². The highest BCUT2D eigenvalue weighted by molar-refractivity contribution is 7.10. The van der Waals surface area contributed by atoms with E-state index < -0.39 is 6.10 Å². The molecule has 1 N–H and O–H groups in total. The third-order valence-electron chi connectivity index (χ3n) is 4.49. The van der Waals surface area contributed by atoms with Crippen LogP contribution in [0.25, 0.3) is 16.9 Å². The average Bonchev–Trinajstić information content (AvgIpc) is 3.38. The van der Waals surface area contributed by atoms with Crippen molar-refractivity contribution in [2.75, 3.05) is 7.11 Å². The summed E-state index contributed by atoms with van der Waals surface area (Å²) >= 11 is 1.52. The number of aliphatic hydroxyl groups excluding tert-OH is 1. The Morgan fingerprint density at radius 1 is 1.04 bits per heavy atom. The lowest BCUT2D eigenvalue weighted by atomic mass is 10.1. The maximum atomic E-state index is 10.8. The number of thiophene rings is 1. The zero-order chi connectivity index (χ0) is 18.8. The van der Waals surface area contributed by atoms with Crippen molar-refractivity contribution in [3.8, 4) is 22.7 Å². The van der Waals surface area contributed by atoms with Gasteiger partial charge >= 0.3 is 0 Å². The molecule has 0 fully saturated rings. The number of hydrogen-bond donors (Lipinski definition) is 1. The molecule has 4 nitrogen and oxygen atoms in total. The van der Waals surface area contributed by atoms with Crippen LogP contribution in [0.4, 0.5) is 0 Å². The second-order valence-electron chi connectivity index (χ2n) is 6.35. The van der Waals surface area contributed by atoms with E-state index in [0.29, 0.717) is 5.69 Å². The molecule has 27 heavy (non-hydrogen) atoms. The highest BCUT2D eigenvalue weighted by Crippen LogP contribution is 2.31. The highest BCUT2D eigenvalue weighted by atomic mass is 32.1. The van der Waals surface area contributed by atoms with E-state index >= 15 is 0 Å². The molecule has 5 heteroatoms. The lowest BCUT2D eigenvalue weighted by Crippen LogP contribution is -2.02. The van der Waals surface area contributed by atoms with Crippen LogP contribution in [-0.4, -0.2) is 22.0 Å². The summed E-state index contributed by atoms with van der Waals surface area (Å²) in [5, 5.41) is 17.4. The SMILES string of the molecule is COc1ccc(-n2nc(C(O)c3cccs3)cc2-c2ccc(C)cc2)cc1. The highest BCUT2D eigenvalue weighted by Gasteiger charge is 2.19. The van der Waals surface area contributed by atoms with Gasteiger partial charge in [-0.3, -0.25) is 0 Å². The number of aliphatic hydroxyl groups is 1. The number of aromatic nitrogens is 2. The molecule has 0 amide bonds. The number of methoxy groups -OCH3 is 1. The summed E-state index contributed by atoms with van der Waals surface area (Å²) in [5.74, 6) is 0.793. The van der Waals surface area contributed by atoms with Gasteiger partial charge in [-0.15, -0.1) is 11.3 Å². The van der Waals surface area contributed by atoms with Gasteiger partial charge in [-0.05, 0) is 48.7 Å². The van der Waals surface area contributed by atoms with Crippen LogP contribution in [0, 0.1) is 6.92 Å². The van der Waals surface area contributed by atoms with Gasteiger partial charge in [0.15, 0.2) is 0 Å². The summed E-state index contributed by atoms with van der Waals surface area (Å²) < 4.78 is 7.13. The smallest absolute Gasteiger partial charge is 0.132 e. The summed E-state index contributed by atoms with van der Waals surface area (Å²) in [6.07, 6.45) is -0.742. The van der Waals surface area contributed by atoms with E-state index in [9.17, 15) is 5.11 Å². The first-order valence-corrected chi connectivity index (χ1v) is 9.56. The Hall–Kier alpha value is -2.89. The fourth-order valence-corrected chi connectivity index (χ4v) is 3.70. The lowest BCUT2D eigenvalue weighted by molar-refractivity contribution is 0.218. The number of hydrogen-bond acceptors (Lipinski definition) is 4. The first kappa shape index (κ1) is 17.5. The van der Waals surface area contributed by atoms with E-state index in [1.165, 1.54) is 16.9 Å². The minimum Gasteiger partial charge on any atom is -0.497 e. The predicted molar refractivity (Wildman–Crippen MR) is 109 cm³/mol. The molecule has 136 valence electrons. The third-order valence-corrected chi connectivity index (χ3v) is 5.41. The molecule has 0 radical (unpaired) electrons. The van der Waals surface area contributed by atoms with E-state index in [4.69, 9.17) is 9.84 Å². The van der Waals surface area contributed by atoms with Gasteiger partial charge in [0.05, 0.1) is 24.2 Å². The molecule has 0 saturated heterocycles. The van der Waals surface area contributed by atoms with Crippen LogP contribution in [0.2, 0.25) is 0 Å². The molecule has 0 aliphatic carbocycles. The van der Waals surface area contributed by atoms with Gasteiger partial charge in [-0.2, -0.15) is 5.10 Å². The number of benzene rings is 2. The summed E-state index contributed by atoms with van der Waals surface area (Å²) in [5.41, 5.74) is 4.73. The van der Waals surface area contributed by atoms with Crippen LogP contribution < -0.4 is 4.74 Å². The average molecular weight is 376 g/mol. The van der Waals surface area contributed by atoms with Gasteiger partial charge < -0.3 is 9.84 Å². The largest absolute Gasteiger partial charge is 0.497 e. The van der Waals surface area contributed by atoms with Gasteiger partial charge in [-0.1, -0.05) is 35.9 Å². The lowest BCUT2D eigenvalue weighted by Gasteiger charge is -2.09. The first-order chi connectivity index (χ1) is 13.2. The van der Waals surface area contributed by atoms with Crippen molar-refractivity contribution in [3.05, 3.63) is 88.2 Å². The summed E-state index contributed by atoms with van der Waals surface area (Å²) in [6, 6.07) is 21.9. The number of nitrogens with zero attached hydrogens (tertiary/aromatic N) is 2. The molecule has 0 aliphatic rings. The fourth-order valence-electron chi connectivity index (χ4n) is 2.98. The van der Waals surface area contributed by atoms with Crippen LogP contribution in [0.3, 0.4) is 0 Å². The molecule has 4 aromatic rings. The van der Waals surface area contributed by atoms with Crippen molar-refractivity contribution in [3.63, 3.8) is 0 Å². The van der Waals surface area contributed by atoms with Crippen LogP contribution in [0.5, 0.6) is 5.75 Å². The molecule has 4 rings (SSSR count). The first-order valence-electron chi connectivity index (χ1n) is 8.68. The topological polar surface area (TPSA) is 47.3 Å². The van der Waals surface area contributed by atoms with Crippen LogP contribution in [0.15, 0.2) is 72.1 Å². The molecular formula is C22H20N2O2S. The zero-order valence-corrected chi connectivity index (χ0v) is 16.0. The monoisotopic (exact) mass is 376 g/mol. The minimum atomic E-state index is -0.742. The van der Waals surface area contributed by atoms with Crippen LogP contribution >= 0.6 is 11.3 Å². The molecule has 0 aliphatic heterocycles. The third kappa shape index (κ3) is 3.52. The van der Waals surface area contributed by atoms with E-state index in [2.05, 4.69) is 31.2 Å². The minimum absolute atomic E-state index is 0.629. The molecule has 2 heterocycles. The van der Waals surface area contributed by atoms with Gasteiger partial charge in [0, 0.05) is 10.4 Å². The second-order valence-corrected chi connectivity index (χ2v) is 7.33. The normalized spacial score (nSPS) is 12.1. The van der Waals surface area contributed by atoms with Crippen LogP contribution in [-0.2, 0) is 0 Å². The Morgan fingerprint density at radius 2 is 1.78 bits per heavy atom.